The molecule has 162 valence electrons. The summed E-state index contributed by atoms with van der Waals surface area (Å²) in [7, 11) is -2.24. The molecule has 1 amide bonds. The molecular weight excluding hydrogens is 439 g/mol. The Morgan fingerprint density at radius 2 is 1.52 bits per heavy atom. The van der Waals surface area contributed by atoms with Gasteiger partial charge in [0.05, 0.1) is 17.3 Å². The van der Waals surface area contributed by atoms with Crippen LogP contribution in [0.1, 0.15) is 6.92 Å². The summed E-state index contributed by atoms with van der Waals surface area (Å²) >= 11 is 1.40. The Kier molecular flexibility index (Phi) is 7.19. The minimum absolute atomic E-state index is 0.0236. The first-order valence-corrected chi connectivity index (χ1v) is 11.6. The van der Waals surface area contributed by atoms with Crippen LogP contribution in [0.4, 0.5) is 15.8 Å². The number of carbonyl (C=O) groups is 1. The van der Waals surface area contributed by atoms with Crippen LogP contribution in [0.25, 0.3) is 0 Å². The van der Waals surface area contributed by atoms with Gasteiger partial charge >= 0.3 is 0 Å². The van der Waals surface area contributed by atoms with Crippen LogP contribution >= 0.6 is 11.8 Å². The van der Waals surface area contributed by atoms with Crippen LogP contribution in [-0.2, 0) is 14.8 Å². The van der Waals surface area contributed by atoms with Gasteiger partial charge in [-0.25, -0.2) is 12.8 Å². The first-order valence-electron chi connectivity index (χ1n) is 9.27. The lowest BCUT2D eigenvalue weighted by atomic mass is 10.3. The molecule has 2 N–H and O–H groups in total. The summed E-state index contributed by atoms with van der Waals surface area (Å²) in [6.45, 7) is 1.79. The van der Waals surface area contributed by atoms with Crippen molar-refractivity contribution in [1.29, 1.82) is 0 Å². The van der Waals surface area contributed by atoms with E-state index in [1.165, 1.54) is 60.3 Å². The minimum Gasteiger partial charge on any atom is -0.497 e. The number of thioether (sulfide) groups is 1. The maximum Gasteiger partial charge on any atom is 0.261 e. The van der Waals surface area contributed by atoms with Gasteiger partial charge in [-0.2, -0.15) is 0 Å². The average molecular weight is 461 g/mol. The van der Waals surface area contributed by atoms with E-state index in [-0.39, 0.29) is 21.7 Å². The van der Waals surface area contributed by atoms with E-state index in [1.807, 2.05) is 24.3 Å². The molecule has 0 bridgehead atoms. The smallest absolute Gasteiger partial charge is 0.261 e. The predicted octanol–water partition coefficient (Wildman–Crippen LogP) is 4.75. The minimum atomic E-state index is -3.83. The molecule has 0 aromatic heterocycles. The number of sulfonamides is 1. The molecular formula is C22H21FN2O4S2. The lowest BCUT2D eigenvalue weighted by Gasteiger charge is -2.13. The quantitative estimate of drug-likeness (QED) is 0.474. The third-order valence-corrected chi connectivity index (χ3v) is 6.78. The maximum absolute atomic E-state index is 13.0. The van der Waals surface area contributed by atoms with Crippen LogP contribution < -0.4 is 14.8 Å². The van der Waals surface area contributed by atoms with Gasteiger partial charge in [0.1, 0.15) is 11.6 Å². The third kappa shape index (κ3) is 6.22. The molecule has 0 aliphatic carbocycles. The van der Waals surface area contributed by atoms with Crippen LogP contribution in [0, 0.1) is 5.82 Å². The molecule has 0 radical (unpaired) electrons. The van der Waals surface area contributed by atoms with E-state index < -0.39 is 15.8 Å². The van der Waals surface area contributed by atoms with Gasteiger partial charge in [-0.1, -0.05) is 0 Å². The number of ether oxygens (including phenoxy) is 1. The highest BCUT2D eigenvalue weighted by molar-refractivity contribution is 8.00. The first-order chi connectivity index (χ1) is 14.8. The van der Waals surface area contributed by atoms with Gasteiger partial charge in [0.15, 0.2) is 0 Å². The van der Waals surface area contributed by atoms with Crippen molar-refractivity contribution in [3.05, 3.63) is 78.6 Å². The number of anilines is 2. The molecule has 1 unspecified atom stereocenters. The molecule has 0 saturated heterocycles. The molecule has 9 heteroatoms. The first kappa shape index (κ1) is 22.6. The fourth-order valence-electron chi connectivity index (χ4n) is 2.61. The SMILES string of the molecule is COc1ccc(SC(C)C(=O)Nc2ccc(S(=O)(=O)Nc3ccc(F)cc3)cc2)cc1. The van der Waals surface area contributed by atoms with E-state index in [0.717, 1.165) is 10.6 Å². The van der Waals surface area contributed by atoms with Crippen molar-refractivity contribution in [2.24, 2.45) is 0 Å². The second-order valence-corrected chi connectivity index (χ2v) is 9.66. The van der Waals surface area contributed by atoms with Gasteiger partial charge in [-0.05, 0) is 79.7 Å². The fraction of sp³-hybridized carbons (Fsp3) is 0.136. The Balaban J connectivity index is 1.61. The van der Waals surface area contributed by atoms with Crippen molar-refractivity contribution in [3.8, 4) is 5.75 Å². The normalized spacial score (nSPS) is 12.1. The molecule has 0 aliphatic heterocycles. The highest BCUT2D eigenvalue weighted by Gasteiger charge is 2.17. The summed E-state index contributed by atoms with van der Waals surface area (Å²) in [6.07, 6.45) is 0. The molecule has 3 aromatic rings. The topological polar surface area (TPSA) is 84.5 Å². The van der Waals surface area contributed by atoms with Gasteiger partial charge in [0.25, 0.3) is 10.0 Å². The number of halogens is 1. The average Bonchev–Trinajstić information content (AvgIpc) is 2.76. The summed E-state index contributed by atoms with van der Waals surface area (Å²) in [5.74, 6) is 0.0775. The zero-order valence-corrected chi connectivity index (χ0v) is 18.5. The number of hydrogen-bond acceptors (Lipinski definition) is 5. The highest BCUT2D eigenvalue weighted by atomic mass is 32.2. The van der Waals surface area contributed by atoms with Gasteiger partial charge in [0.2, 0.25) is 5.91 Å². The largest absolute Gasteiger partial charge is 0.497 e. The lowest BCUT2D eigenvalue weighted by molar-refractivity contribution is -0.115. The molecule has 6 nitrogen and oxygen atoms in total. The molecule has 0 fully saturated rings. The number of amides is 1. The number of hydrogen-bond donors (Lipinski definition) is 2. The molecule has 3 aromatic carbocycles. The molecule has 1 atom stereocenters. The van der Waals surface area contributed by atoms with Gasteiger partial charge < -0.3 is 10.1 Å². The molecule has 0 saturated carbocycles. The Hall–Kier alpha value is -3.04. The maximum atomic E-state index is 13.0. The van der Waals surface area contributed by atoms with Crippen LogP contribution in [-0.4, -0.2) is 26.7 Å². The van der Waals surface area contributed by atoms with E-state index in [4.69, 9.17) is 4.74 Å². The monoisotopic (exact) mass is 460 g/mol. The molecule has 0 spiro atoms. The van der Waals surface area contributed by atoms with E-state index in [2.05, 4.69) is 10.0 Å². The second-order valence-electron chi connectivity index (χ2n) is 6.56. The number of benzene rings is 3. The summed E-state index contributed by atoms with van der Waals surface area (Å²) in [5, 5.41) is 2.41. The summed E-state index contributed by atoms with van der Waals surface area (Å²) < 4.78 is 45.4. The number of methoxy groups -OCH3 is 1. The lowest BCUT2D eigenvalue weighted by Crippen LogP contribution is -2.22. The van der Waals surface area contributed by atoms with E-state index in [1.54, 1.807) is 14.0 Å². The molecule has 0 aliphatic rings. The summed E-state index contributed by atoms with van der Waals surface area (Å²) in [5.41, 5.74) is 0.732. The Morgan fingerprint density at radius 3 is 2.10 bits per heavy atom. The fourth-order valence-corrected chi connectivity index (χ4v) is 4.53. The summed E-state index contributed by atoms with van der Waals surface area (Å²) in [4.78, 5) is 13.4. The predicted molar refractivity (Wildman–Crippen MR) is 121 cm³/mol. The zero-order valence-electron chi connectivity index (χ0n) is 16.8. The number of rotatable bonds is 8. The van der Waals surface area contributed by atoms with Crippen molar-refractivity contribution < 1.29 is 22.3 Å². The van der Waals surface area contributed by atoms with Crippen LogP contribution in [0.2, 0.25) is 0 Å². The van der Waals surface area contributed by atoms with Gasteiger partial charge in [0, 0.05) is 16.3 Å². The highest BCUT2D eigenvalue weighted by Crippen LogP contribution is 2.26. The second kappa shape index (κ2) is 9.84. The van der Waals surface area contributed by atoms with Gasteiger partial charge in [-0.15, -0.1) is 11.8 Å². The Morgan fingerprint density at radius 1 is 0.935 bits per heavy atom. The van der Waals surface area contributed by atoms with Crippen LogP contribution in [0.5, 0.6) is 5.75 Å². The molecule has 3 rings (SSSR count). The molecule has 31 heavy (non-hydrogen) atoms. The van der Waals surface area contributed by atoms with E-state index in [0.29, 0.717) is 5.69 Å². The van der Waals surface area contributed by atoms with Crippen LogP contribution in [0.3, 0.4) is 0 Å². The number of nitrogens with one attached hydrogen (secondary N) is 2. The molecule has 0 heterocycles. The van der Waals surface area contributed by atoms with Crippen LogP contribution in [0.15, 0.2) is 82.6 Å². The van der Waals surface area contributed by atoms with E-state index in [9.17, 15) is 17.6 Å². The standard InChI is InChI=1S/C22H21FN2O4S2/c1-15(30-20-11-9-19(29-2)10-12-20)22(26)24-17-7-13-21(14-8-17)31(27,28)25-18-5-3-16(23)4-6-18/h3-15,25H,1-2H3,(H,24,26). The summed E-state index contributed by atoms with van der Waals surface area (Å²) in [6, 6.07) is 18.2. The van der Waals surface area contributed by atoms with Crippen molar-refractivity contribution in [2.75, 3.05) is 17.1 Å². The van der Waals surface area contributed by atoms with Crippen molar-refractivity contribution in [2.45, 2.75) is 22.0 Å². The Bertz CT molecular complexity index is 1130. The zero-order chi connectivity index (χ0) is 22.4. The van der Waals surface area contributed by atoms with Crippen molar-refractivity contribution in [1.82, 2.24) is 0 Å². The van der Waals surface area contributed by atoms with Crippen molar-refractivity contribution in [3.63, 3.8) is 0 Å². The Labute approximate surface area is 184 Å². The third-order valence-electron chi connectivity index (χ3n) is 4.27. The van der Waals surface area contributed by atoms with Crippen molar-refractivity contribution >= 4 is 39.1 Å². The van der Waals surface area contributed by atoms with E-state index >= 15 is 0 Å². The van der Waals surface area contributed by atoms with Gasteiger partial charge in [-0.3, -0.25) is 9.52 Å². The number of carbonyl (C=O) groups excluding carboxylic acids is 1.